The van der Waals surface area contributed by atoms with Gasteiger partial charge < -0.3 is 10.0 Å². The molecule has 0 aromatic carbocycles. The van der Waals surface area contributed by atoms with E-state index < -0.39 is 0 Å². The number of aliphatic hydroxyl groups is 1. The number of hydrogen-bond acceptors (Lipinski definition) is 2. The first kappa shape index (κ1) is 10.0. The lowest BCUT2D eigenvalue weighted by atomic mass is 10.0. The van der Waals surface area contributed by atoms with Crippen molar-refractivity contribution in [3.05, 3.63) is 0 Å². The molecule has 0 radical (unpaired) electrons. The highest BCUT2D eigenvalue weighted by atomic mass is 16.3. The molecule has 0 unspecified atom stereocenters. The van der Waals surface area contributed by atoms with Gasteiger partial charge in [-0.05, 0) is 31.7 Å². The topological polar surface area (TPSA) is 23.5 Å². The highest BCUT2D eigenvalue weighted by molar-refractivity contribution is 5.03. The Labute approximate surface area is 75.6 Å². The van der Waals surface area contributed by atoms with Gasteiger partial charge in [0, 0.05) is 12.6 Å². The van der Waals surface area contributed by atoms with E-state index in [4.69, 9.17) is 5.11 Å². The summed E-state index contributed by atoms with van der Waals surface area (Å²) in [7, 11) is 2.12. The maximum Gasteiger partial charge on any atom is 0.0586 e. The van der Waals surface area contributed by atoms with Crippen molar-refractivity contribution in [2.24, 2.45) is 5.41 Å². The van der Waals surface area contributed by atoms with E-state index in [1.165, 1.54) is 25.8 Å². The molecule has 0 aromatic heterocycles. The van der Waals surface area contributed by atoms with E-state index in [1.807, 2.05) is 13.8 Å². The van der Waals surface area contributed by atoms with E-state index >= 15 is 0 Å². The first-order valence-corrected chi connectivity index (χ1v) is 5.07. The van der Waals surface area contributed by atoms with Crippen molar-refractivity contribution < 1.29 is 5.11 Å². The zero-order valence-electron chi connectivity index (χ0n) is 8.51. The van der Waals surface area contributed by atoms with Crippen LogP contribution >= 0.6 is 0 Å². The summed E-state index contributed by atoms with van der Waals surface area (Å²) in [6.45, 7) is 5.57. The van der Waals surface area contributed by atoms with E-state index in [1.54, 1.807) is 0 Å². The Morgan fingerprint density at radius 1 is 1.42 bits per heavy atom. The minimum Gasteiger partial charge on any atom is -0.395 e. The smallest absolute Gasteiger partial charge is 0.0586 e. The Morgan fingerprint density at radius 3 is 2.25 bits per heavy atom. The van der Waals surface area contributed by atoms with Crippen LogP contribution < -0.4 is 0 Å². The summed E-state index contributed by atoms with van der Waals surface area (Å²) in [4.78, 5) is 2.30. The summed E-state index contributed by atoms with van der Waals surface area (Å²) in [5, 5.41) is 8.95. The van der Waals surface area contributed by atoms with Gasteiger partial charge >= 0.3 is 0 Å². The third-order valence-corrected chi connectivity index (χ3v) is 3.04. The van der Waals surface area contributed by atoms with E-state index in [-0.39, 0.29) is 0 Å². The van der Waals surface area contributed by atoms with Gasteiger partial charge in [0.1, 0.15) is 0 Å². The SMILES string of the molecule is CC.CN1CC2(CC2)C[C@H]1CO. The molecule has 1 saturated carbocycles. The molecule has 72 valence electrons. The van der Waals surface area contributed by atoms with Crippen LogP contribution in [0.25, 0.3) is 0 Å². The van der Waals surface area contributed by atoms with Gasteiger partial charge in [0.2, 0.25) is 0 Å². The van der Waals surface area contributed by atoms with Crippen LogP contribution in [0.4, 0.5) is 0 Å². The fraction of sp³-hybridized carbons (Fsp3) is 1.00. The van der Waals surface area contributed by atoms with Crippen LogP contribution in [0.3, 0.4) is 0 Å². The summed E-state index contributed by atoms with van der Waals surface area (Å²) in [6, 6.07) is 0.461. The van der Waals surface area contributed by atoms with Crippen molar-refractivity contribution in [3.8, 4) is 0 Å². The van der Waals surface area contributed by atoms with Crippen LogP contribution in [0.2, 0.25) is 0 Å². The summed E-state index contributed by atoms with van der Waals surface area (Å²) in [5.74, 6) is 0. The molecule has 2 rings (SSSR count). The second-order valence-corrected chi connectivity index (χ2v) is 3.96. The predicted molar refractivity (Wildman–Crippen MR) is 51.1 cm³/mol. The molecule has 1 aliphatic carbocycles. The van der Waals surface area contributed by atoms with Crippen molar-refractivity contribution in [1.29, 1.82) is 0 Å². The Balaban J connectivity index is 0.000000336. The average molecular weight is 171 g/mol. The molecular formula is C10H21NO. The van der Waals surface area contributed by atoms with Gasteiger partial charge in [-0.25, -0.2) is 0 Å². The largest absolute Gasteiger partial charge is 0.395 e. The number of likely N-dealkylation sites (tertiary alicyclic amines) is 1. The normalized spacial score (nSPS) is 31.5. The maximum atomic E-state index is 8.95. The molecule has 2 nitrogen and oxygen atoms in total. The number of rotatable bonds is 1. The summed E-state index contributed by atoms with van der Waals surface area (Å²) in [5.41, 5.74) is 0.655. The third kappa shape index (κ3) is 1.80. The molecule has 0 aromatic rings. The molecule has 1 N–H and O–H groups in total. The monoisotopic (exact) mass is 171 g/mol. The van der Waals surface area contributed by atoms with Crippen LogP contribution in [-0.4, -0.2) is 36.2 Å². The number of likely N-dealkylation sites (N-methyl/N-ethyl adjacent to an activating group) is 1. The maximum absolute atomic E-state index is 8.95. The van der Waals surface area contributed by atoms with Crippen molar-refractivity contribution >= 4 is 0 Å². The highest BCUT2D eigenvalue weighted by Gasteiger charge is 2.50. The molecule has 1 spiro atoms. The first-order valence-electron chi connectivity index (χ1n) is 5.07. The Hall–Kier alpha value is -0.0800. The quantitative estimate of drug-likeness (QED) is 0.646. The summed E-state index contributed by atoms with van der Waals surface area (Å²) >= 11 is 0. The van der Waals surface area contributed by atoms with Gasteiger partial charge in [-0.15, -0.1) is 0 Å². The second-order valence-electron chi connectivity index (χ2n) is 3.96. The van der Waals surface area contributed by atoms with Crippen molar-refractivity contribution in [2.45, 2.75) is 39.2 Å². The molecule has 2 aliphatic rings. The van der Waals surface area contributed by atoms with Gasteiger partial charge in [-0.3, -0.25) is 0 Å². The van der Waals surface area contributed by atoms with Gasteiger partial charge in [0.15, 0.2) is 0 Å². The van der Waals surface area contributed by atoms with E-state index in [2.05, 4.69) is 11.9 Å². The van der Waals surface area contributed by atoms with Gasteiger partial charge in [0.25, 0.3) is 0 Å². The van der Waals surface area contributed by atoms with Gasteiger partial charge in [-0.1, -0.05) is 13.8 Å². The zero-order valence-corrected chi connectivity index (χ0v) is 8.51. The lowest BCUT2D eigenvalue weighted by molar-refractivity contribution is 0.182. The fourth-order valence-electron chi connectivity index (χ4n) is 2.12. The fourth-order valence-corrected chi connectivity index (χ4v) is 2.12. The number of aliphatic hydroxyl groups excluding tert-OH is 1. The van der Waals surface area contributed by atoms with Gasteiger partial charge in [0.05, 0.1) is 6.61 Å². The third-order valence-electron chi connectivity index (χ3n) is 3.04. The molecule has 0 amide bonds. The summed E-state index contributed by atoms with van der Waals surface area (Å²) in [6.07, 6.45) is 4.03. The van der Waals surface area contributed by atoms with Gasteiger partial charge in [-0.2, -0.15) is 0 Å². The Morgan fingerprint density at radius 2 is 2.00 bits per heavy atom. The molecule has 2 fully saturated rings. The Bertz CT molecular complexity index is 143. The minimum absolute atomic E-state index is 0.345. The molecule has 2 heteroatoms. The average Bonchev–Trinajstić information content (AvgIpc) is 2.75. The van der Waals surface area contributed by atoms with Crippen LogP contribution in [0.15, 0.2) is 0 Å². The number of nitrogens with zero attached hydrogens (tertiary/aromatic N) is 1. The molecule has 0 bridgehead atoms. The number of hydrogen-bond donors (Lipinski definition) is 1. The predicted octanol–water partition coefficient (Wildman–Crippen LogP) is 1.49. The highest BCUT2D eigenvalue weighted by Crippen LogP contribution is 2.54. The Kier molecular flexibility index (Phi) is 3.13. The van der Waals surface area contributed by atoms with E-state index in [9.17, 15) is 0 Å². The first-order chi connectivity index (χ1) is 5.76. The lowest BCUT2D eigenvalue weighted by Gasteiger charge is -2.15. The molecule has 12 heavy (non-hydrogen) atoms. The molecule has 1 heterocycles. The van der Waals surface area contributed by atoms with E-state index in [0.717, 1.165) is 0 Å². The molecular weight excluding hydrogens is 150 g/mol. The summed E-state index contributed by atoms with van der Waals surface area (Å²) < 4.78 is 0. The molecule has 1 saturated heterocycles. The second kappa shape index (κ2) is 3.75. The van der Waals surface area contributed by atoms with Crippen LogP contribution in [0.1, 0.15) is 33.1 Å². The minimum atomic E-state index is 0.345. The molecule has 1 atom stereocenters. The van der Waals surface area contributed by atoms with Crippen LogP contribution in [0.5, 0.6) is 0 Å². The van der Waals surface area contributed by atoms with Crippen molar-refractivity contribution in [3.63, 3.8) is 0 Å². The van der Waals surface area contributed by atoms with E-state index in [0.29, 0.717) is 18.1 Å². The lowest BCUT2D eigenvalue weighted by Crippen LogP contribution is -2.27. The molecule has 1 aliphatic heterocycles. The standard InChI is InChI=1S/C8H15NO.C2H6/c1-9-6-8(2-3-8)4-7(9)5-10;1-2/h7,10H,2-6H2,1H3;1-2H3/t7-;/m0./s1. The van der Waals surface area contributed by atoms with Crippen molar-refractivity contribution in [1.82, 2.24) is 4.90 Å². The van der Waals surface area contributed by atoms with Crippen LogP contribution in [-0.2, 0) is 0 Å². The van der Waals surface area contributed by atoms with Crippen LogP contribution in [0, 0.1) is 5.41 Å². The zero-order chi connectivity index (χ0) is 9.19. The van der Waals surface area contributed by atoms with Crippen molar-refractivity contribution in [2.75, 3.05) is 20.2 Å².